The third-order valence-electron chi connectivity index (χ3n) is 4.08. The third-order valence-corrected chi connectivity index (χ3v) is 4.08. The van der Waals surface area contributed by atoms with Crippen molar-refractivity contribution in [1.82, 2.24) is 20.6 Å². The third kappa shape index (κ3) is 3.32. The average molecular weight is 348 g/mol. The Hall–Kier alpha value is -3.48. The molecule has 0 atom stereocenters. The van der Waals surface area contributed by atoms with Gasteiger partial charge in [-0.2, -0.15) is 0 Å². The van der Waals surface area contributed by atoms with Crippen molar-refractivity contribution in [3.63, 3.8) is 0 Å². The number of anilines is 1. The van der Waals surface area contributed by atoms with Crippen LogP contribution in [0.4, 0.5) is 5.69 Å². The molecule has 0 fully saturated rings. The molecule has 0 aliphatic carbocycles. The summed E-state index contributed by atoms with van der Waals surface area (Å²) in [6.45, 7) is 3.77. The molecular formula is C19H20N6O. The van der Waals surface area contributed by atoms with Crippen molar-refractivity contribution in [3.05, 3.63) is 59.8 Å². The molecule has 3 rings (SSSR count). The van der Waals surface area contributed by atoms with Crippen LogP contribution < -0.4 is 16.0 Å². The Morgan fingerprint density at radius 1 is 1.31 bits per heavy atom. The zero-order chi connectivity index (χ0) is 18.7. The lowest BCUT2D eigenvalue weighted by molar-refractivity contribution is -0.110. The zero-order valence-corrected chi connectivity index (χ0v) is 14.8. The van der Waals surface area contributed by atoms with E-state index in [0.717, 1.165) is 22.4 Å². The second-order valence-electron chi connectivity index (χ2n) is 5.92. The first kappa shape index (κ1) is 17.3. The number of fused-ring (bicyclic) bond motifs is 1. The van der Waals surface area contributed by atoms with Gasteiger partial charge in [0.05, 0.1) is 23.2 Å². The van der Waals surface area contributed by atoms with E-state index in [4.69, 9.17) is 5.41 Å². The largest absolute Gasteiger partial charge is 0.394 e. The van der Waals surface area contributed by atoms with Crippen molar-refractivity contribution in [2.24, 2.45) is 0 Å². The minimum absolute atomic E-state index is 0.183. The highest BCUT2D eigenvalue weighted by molar-refractivity contribution is 6.32. The lowest BCUT2D eigenvalue weighted by Gasteiger charge is -2.09. The Kier molecular flexibility index (Phi) is 4.79. The van der Waals surface area contributed by atoms with Crippen LogP contribution in [0.2, 0.25) is 0 Å². The van der Waals surface area contributed by atoms with E-state index in [1.54, 1.807) is 44.8 Å². The Labute approximate surface area is 151 Å². The van der Waals surface area contributed by atoms with E-state index < -0.39 is 0 Å². The van der Waals surface area contributed by atoms with Crippen LogP contribution in [0.5, 0.6) is 0 Å². The molecule has 132 valence electrons. The molecule has 3 heterocycles. The van der Waals surface area contributed by atoms with E-state index in [1.165, 1.54) is 0 Å². The smallest absolute Gasteiger partial charge is 0.258 e. The molecule has 7 nitrogen and oxygen atoms in total. The number of nitrogens with zero attached hydrogens (tertiary/aromatic N) is 2. The summed E-state index contributed by atoms with van der Waals surface area (Å²) in [6.07, 6.45) is 8.38. The Balaban J connectivity index is 2.02. The SMILES string of the molecule is CN/C=C\C(=N)N/C(C)=C1\C(=O)Nc2cnc(-c3cnccc3C)cc21. The molecule has 2 aromatic rings. The molecule has 0 saturated heterocycles. The van der Waals surface area contributed by atoms with Crippen molar-refractivity contribution < 1.29 is 4.79 Å². The molecule has 4 N–H and O–H groups in total. The number of amidine groups is 1. The van der Waals surface area contributed by atoms with Gasteiger partial charge in [-0.25, -0.2) is 0 Å². The van der Waals surface area contributed by atoms with Crippen LogP contribution in [0, 0.1) is 12.3 Å². The number of amides is 1. The number of carbonyl (C=O) groups is 1. The molecule has 0 unspecified atom stereocenters. The molecule has 0 aromatic carbocycles. The number of aromatic nitrogens is 2. The Morgan fingerprint density at radius 3 is 2.85 bits per heavy atom. The standard InChI is InChI=1S/C19H20N6O/c1-11-4-7-22-9-14(11)15-8-13-16(10-23-15)25-19(26)18(13)12(2)24-17(20)5-6-21-3/h4-10,21H,1-3H3,(H2,20,24)(H,25,26)/b6-5-,18-12-. The number of pyridine rings is 2. The minimum atomic E-state index is -0.211. The summed E-state index contributed by atoms with van der Waals surface area (Å²) in [4.78, 5) is 21.0. The quantitative estimate of drug-likeness (QED) is 0.386. The van der Waals surface area contributed by atoms with Gasteiger partial charge >= 0.3 is 0 Å². The molecular weight excluding hydrogens is 328 g/mol. The maximum absolute atomic E-state index is 12.4. The van der Waals surface area contributed by atoms with Crippen molar-refractivity contribution in [2.75, 3.05) is 12.4 Å². The second-order valence-corrected chi connectivity index (χ2v) is 5.92. The molecule has 1 aliphatic rings. The summed E-state index contributed by atoms with van der Waals surface area (Å²) in [5.41, 5.74) is 5.27. The van der Waals surface area contributed by atoms with Crippen LogP contribution in [0.3, 0.4) is 0 Å². The lowest BCUT2D eigenvalue weighted by Crippen LogP contribution is -2.21. The van der Waals surface area contributed by atoms with Gasteiger partial charge in [-0.05, 0) is 43.8 Å². The number of allylic oxidation sites excluding steroid dienone is 1. The van der Waals surface area contributed by atoms with E-state index in [1.807, 2.05) is 19.1 Å². The monoisotopic (exact) mass is 348 g/mol. The second kappa shape index (κ2) is 7.18. The zero-order valence-electron chi connectivity index (χ0n) is 14.8. The molecule has 0 spiro atoms. The fourth-order valence-corrected chi connectivity index (χ4v) is 2.79. The summed E-state index contributed by atoms with van der Waals surface area (Å²) >= 11 is 0. The van der Waals surface area contributed by atoms with Gasteiger partial charge in [0.25, 0.3) is 5.91 Å². The molecule has 26 heavy (non-hydrogen) atoms. The number of rotatable bonds is 4. The first-order valence-corrected chi connectivity index (χ1v) is 8.14. The predicted octanol–water partition coefficient (Wildman–Crippen LogP) is 2.44. The van der Waals surface area contributed by atoms with Gasteiger partial charge in [-0.15, -0.1) is 0 Å². The fourth-order valence-electron chi connectivity index (χ4n) is 2.79. The molecule has 0 bridgehead atoms. The van der Waals surface area contributed by atoms with Gasteiger partial charge in [0.15, 0.2) is 0 Å². The van der Waals surface area contributed by atoms with E-state index >= 15 is 0 Å². The minimum Gasteiger partial charge on any atom is -0.394 e. The van der Waals surface area contributed by atoms with Crippen LogP contribution >= 0.6 is 0 Å². The van der Waals surface area contributed by atoms with E-state index in [-0.39, 0.29) is 11.7 Å². The predicted molar refractivity (Wildman–Crippen MR) is 102 cm³/mol. The van der Waals surface area contributed by atoms with Crippen LogP contribution in [0.25, 0.3) is 16.8 Å². The van der Waals surface area contributed by atoms with E-state index in [2.05, 4.69) is 25.9 Å². The first-order chi connectivity index (χ1) is 12.5. The summed E-state index contributed by atoms with van der Waals surface area (Å²) in [6, 6.07) is 3.80. The van der Waals surface area contributed by atoms with Gasteiger partial charge in [-0.3, -0.25) is 20.2 Å². The van der Waals surface area contributed by atoms with E-state index in [0.29, 0.717) is 17.0 Å². The van der Waals surface area contributed by atoms with Crippen molar-refractivity contribution in [2.45, 2.75) is 13.8 Å². The summed E-state index contributed by atoms with van der Waals surface area (Å²) < 4.78 is 0. The summed E-state index contributed by atoms with van der Waals surface area (Å²) in [5, 5.41) is 16.5. The highest BCUT2D eigenvalue weighted by Gasteiger charge is 2.27. The van der Waals surface area contributed by atoms with Crippen LogP contribution in [-0.4, -0.2) is 28.8 Å². The van der Waals surface area contributed by atoms with Gasteiger partial charge in [-0.1, -0.05) is 0 Å². The Morgan fingerprint density at radius 2 is 2.12 bits per heavy atom. The summed E-state index contributed by atoms with van der Waals surface area (Å²) in [5.74, 6) is -0.0276. The number of aryl methyl sites for hydroxylation is 1. The average Bonchev–Trinajstić information content (AvgIpc) is 2.95. The molecule has 0 radical (unpaired) electrons. The summed E-state index contributed by atoms with van der Waals surface area (Å²) in [7, 11) is 1.75. The fraction of sp³-hybridized carbons (Fsp3) is 0.158. The van der Waals surface area contributed by atoms with E-state index in [9.17, 15) is 4.79 Å². The molecule has 1 aliphatic heterocycles. The van der Waals surface area contributed by atoms with Crippen LogP contribution in [0.1, 0.15) is 18.1 Å². The number of carbonyl (C=O) groups excluding carboxylic acids is 1. The van der Waals surface area contributed by atoms with Gasteiger partial charge in [0.1, 0.15) is 5.84 Å². The highest BCUT2D eigenvalue weighted by Crippen LogP contribution is 2.35. The molecule has 0 saturated carbocycles. The van der Waals surface area contributed by atoms with Crippen LogP contribution in [0.15, 0.2) is 48.7 Å². The van der Waals surface area contributed by atoms with Crippen molar-refractivity contribution in [1.29, 1.82) is 5.41 Å². The normalized spacial score (nSPS) is 14.8. The van der Waals surface area contributed by atoms with Gasteiger partial charge < -0.3 is 16.0 Å². The van der Waals surface area contributed by atoms with Crippen molar-refractivity contribution in [3.8, 4) is 11.3 Å². The molecule has 1 amide bonds. The number of hydrogen-bond donors (Lipinski definition) is 4. The topological polar surface area (TPSA) is 103 Å². The Bertz CT molecular complexity index is 945. The molecule has 7 heteroatoms. The maximum Gasteiger partial charge on any atom is 0.258 e. The first-order valence-electron chi connectivity index (χ1n) is 8.14. The van der Waals surface area contributed by atoms with Gasteiger partial charge in [0, 0.05) is 36.3 Å². The molecule has 2 aromatic heterocycles. The van der Waals surface area contributed by atoms with Crippen LogP contribution in [-0.2, 0) is 4.79 Å². The lowest BCUT2D eigenvalue weighted by atomic mass is 10.0. The van der Waals surface area contributed by atoms with Crippen molar-refractivity contribution >= 4 is 23.0 Å². The maximum atomic E-state index is 12.4. The highest BCUT2D eigenvalue weighted by atomic mass is 16.2. The number of nitrogens with one attached hydrogen (secondary N) is 4. The van der Waals surface area contributed by atoms with Gasteiger partial charge in [0.2, 0.25) is 0 Å². The number of hydrogen-bond acceptors (Lipinski definition) is 5.